The molecule has 5 heteroatoms. The summed E-state index contributed by atoms with van der Waals surface area (Å²) in [5.41, 5.74) is -0.182. The Balaban J connectivity index is 3.15. The van der Waals surface area contributed by atoms with Crippen LogP contribution < -0.4 is 0 Å². The fraction of sp³-hybridized carbons (Fsp3) is 0. The maximum atomic E-state index is 12.5. The molecule has 0 aliphatic heterocycles. The zero-order valence-corrected chi connectivity index (χ0v) is 6.80. The van der Waals surface area contributed by atoms with Crippen LogP contribution in [0.5, 0.6) is 0 Å². The number of carboxylic acids is 1. The van der Waals surface area contributed by atoms with Gasteiger partial charge in [0.2, 0.25) is 0 Å². The second kappa shape index (κ2) is 2.96. The molecule has 0 fully saturated rings. The minimum Gasteiger partial charge on any atom is -0.477 e. The molecular weight excluding hydrogens is 217 g/mol. The first-order chi connectivity index (χ1) is 5.11. The third-order valence-electron chi connectivity index (χ3n) is 1.03. The van der Waals surface area contributed by atoms with Gasteiger partial charge in [0, 0.05) is 0 Å². The van der Waals surface area contributed by atoms with Crippen molar-refractivity contribution < 1.29 is 14.3 Å². The molecule has 0 unspecified atom stereocenters. The van der Waals surface area contributed by atoms with E-state index in [0.29, 0.717) is 0 Å². The normalized spacial score (nSPS) is 9.64. The van der Waals surface area contributed by atoms with Gasteiger partial charge in [-0.3, -0.25) is 0 Å². The average molecular weight is 220 g/mol. The summed E-state index contributed by atoms with van der Waals surface area (Å²) in [4.78, 5) is 13.6. The molecule has 1 aromatic heterocycles. The predicted molar refractivity (Wildman–Crippen MR) is 38.9 cm³/mol. The summed E-state index contributed by atoms with van der Waals surface area (Å²) in [5.74, 6) is -1.75. The Labute approximate surface area is 70.0 Å². The van der Waals surface area contributed by atoms with E-state index in [1.54, 1.807) is 0 Å². The van der Waals surface area contributed by atoms with Gasteiger partial charge in [-0.25, -0.2) is 14.2 Å². The number of nitrogens with zero attached hydrogens (tertiary/aromatic N) is 1. The zero-order valence-electron chi connectivity index (χ0n) is 5.21. The molecule has 0 spiro atoms. The molecule has 1 heterocycles. The van der Waals surface area contributed by atoms with Gasteiger partial charge in [-0.2, -0.15) is 0 Å². The highest BCUT2D eigenvalue weighted by Gasteiger charge is 2.06. The fourth-order valence-electron chi connectivity index (χ4n) is 0.531. The lowest BCUT2D eigenvalue weighted by molar-refractivity contribution is 0.0690. The number of halogens is 2. The van der Waals surface area contributed by atoms with Crippen LogP contribution in [0.1, 0.15) is 10.5 Å². The summed E-state index contributed by atoms with van der Waals surface area (Å²) in [6, 6.07) is 1.11. The molecular formula is C6H3BrFNO2. The summed E-state index contributed by atoms with van der Waals surface area (Å²) in [6.07, 6.45) is 0.855. The average Bonchev–Trinajstić information content (AvgIpc) is 1.94. The molecule has 0 atom stereocenters. The van der Waals surface area contributed by atoms with E-state index in [1.807, 2.05) is 0 Å². The fourth-order valence-corrected chi connectivity index (χ4v) is 0.850. The Kier molecular flexibility index (Phi) is 2.19. The minimum absolute atomic E-state index is 0.102. The molecule has 0 saturated heterocycles. The van der Waals surface area contributed by atoms with E-state index in [4.69, 9.17) is 5.11 Å². The van der Waals surface area contributed by atoms with Crippen LogP contribution in [0.15, 0.2) is 16.7 Å². The van der Waals surface area contributed by atoms with Crippen molar-refractivity contribution in [2.24, 2.45) is 0 Å². The highest BCUT2D eigenvalue weighted by Crippen LogP contribution is 2.14. The van der Waals surface area contributed by atoms with E-state index in [1.165, 1.54) is 0 Å². The van der Waals surface area contributed by atoms with Gasteiger partial charge in [0.1, 0.15) is 5.69 Å². The van der Waals surface area contributed by atoms with Crippen LogP contribution in [0, 0.1) is 5.82 Å². The standard InChI is InChI=1S/C6H3BrFNO2/c7-3-1-5(6(10)11)9-2-4(3)8/h1-2H,(H,10,11). The van der Waals surface area contributed by atoms with E-state index in [0.717, 1.165) is 12.3 Å². The maximum absolute atomic E-state index is 12.5. The number of hydrogen-bond donors (Lipinski definition) is 1. The van der Waals surface area contributed by atoms with E-state index in [2.05, 4.69) is 20.9 Å². The molecule has 3 nitrogen and oxygen atoms in total. The van der Waals surface area contributed by atoms with Crippen LogP contribution in [0.3, 0.4) is 0 Å². The number of carbonyl (C=O) groups is 1. The van der Waals surface area contributed by atoms with E-state index in [9.17, 15) is 9.18 Å². The van der Waals surface area contributed by atoms with Gasteiger partial charge < -0.3 is 5.11 Å². The number of aromatic carboxylic acids is 1. The topological polar surface area (TPSA) is 50.2 Å². The molecule has 0 radical (unpaired) electrons. The van der Waals surface area contributed by atoms with Gasteiger partial charge in [-0.05, 0) is 22.0 Å². The number of rotatable bonds is 1. The summed E-state index contributed by atoms with van der Waals surface area (Å²) in [7, 11) is 0. The molecule has 0 aliphatic rings. The lowest BCUT2D eigenvalue weighted by Gasteiger charge is -1.94. The highest BCUT2D eigenvalue weighted by molar-refractivity contribution is 9.10. The third-order valence-corrected chi connectivity index (χ3v) is 1.64. The SMILES string of the molecule is O=C(O)c1cc(Br)c(F)cn1. The second-order valence-electron chi connectivity index (χ2n) is 1.79. The Hall–Kier alpha value is -0.970. The van der Waals surface area contributed by atoms with Crippen LogP contribution in [0.25, 0.3) is 0 Å². The van der Waals surface area contributed by atoms with Crippen LogP contribution >= 0.6 is 15.9 Å². The Morgan fingerprint density at radius 1 is 1.73 bits per heavy atom. The van der Waals surface area contributed by atoms with Crippen molar-refractivity contribution in [1.29, 1.82) is 0 Å². The van der Waals surface area contributed by atoms with E-state index in [-0.39, 0.29) is 10.2 Å². The molecule has 0 aromatic carbocycles. The van der Waals surface area contributed by atoms with Crippen molar-refractivity contribution in [3.8, 4) is 0 Å². The first-order valence-corrected chi connectivity index (χ1v) is 3.45. The molecule has 0 amide bonds. The molecule has 1 aromatic rings. The summed E-state index contributed by atoms with van der Waals surface area (Å²) in [6.45, 7) is 0. The lowest BCUT2D eigenvalue weighted by atomic mass is 10.3. The van der Waals surface area contributed by atoms with Gasteiger partial charge in [-0.1, -0.05) is 0 Å². The molecule has 1 rings (SSSR count). The molecule has 1 N–H and O–H groups in total. The van der Waals surface area contributed by atoms with Gasteiger partial charge in [-0.15, -0.1) is 0 Å². The van der Waals surface area contributed by atoms with E-state index < -0.39 is 11.8 Å². The van der Waals surface area contributed by atoms with Crippen molar-refractivity contribution >= 4 is 21.9 Å². The molecule has 11 heavy (non-hydrogen) atoms. The van der Waals surface area contributed by atoms with Crippen molar-refractivity contribution in [2.75, 3.05) is 0 Å². The maximum Gasteiger partial charge on any atom is 0.354 e. The summed E-state index contributed by atoms with van der Waals surface area (Å²) < 4.78 is 12.6. The van der Waals surface area contributed by atoms with Crippen molar-refractivity contribution in [3.05, 3.63) is 28.2 Å². The Morgan fingerprint density at radius 3 is 2.82 bits per heavy atom. The minimum atomic E-state index is -1.18. The number of carboxylic acid groups (broad SMARTS) is 1. The van der Waals surface area contributed by atoms with Crippen LogP contribution in [0.4, 0.5) is 4.39 Å². The van der Waals surface area contributed by atoms with Crippen LogP contribution in [-0.2, 0) is 0 Å². The van der Waals surface area contributed by atoms with Gasteiger partial charge in [0.15, 0.2) is 5.82 Å². The predicted octanol–water partition coefficient (Wildman–Crippen LogP) is 1.68. The highest BCUT2D eigenvalue weighted by atomic mass is 79.9. The Morgan fingerprint density at radius 2 is 2.36 bits per heavy atom. The van der Waals surface area contributed by atoms with E-state index >= 15 is 0 Å². The Bertz CT molecular complexity index is 303. The van der Waals surface area contributed by atoms with Crippen molar-refractivity contribution in [2.45, 2.75) is 0 Å². The molecule has 0 saturated carbocycles. The van der Waals surface area contributed by atoms with Gasteiger partial charge >= 0.3 is 5.97 Å². The van der Waals surface area contributed by atoms with Crippen molar-refractivity contribution in [1.82, 2.24) is 4.98 Å². The largest absolute Gasteiger partial charge is 0.477 e. The molecule has 58 valence electrons. The third kappa shape index (κ3) is 1.74. The molecule has 0 aliphatic carbocycles. The summed E-state index contributed by atoms with van der Waals surface area (Å²) in [5, 5.41) is 8.39. The quantitative estimate of drug-likeness (QED) is 0.783. The second-order valence-corrected chi connectivity index (χ2v) is 2.64. The monoisotopic (exact) mass is 219 g/mol. The number of pyridine rings is 1. The first-order valence-electron chi connectivity index (χ1n) is 2.65. The summed E-state index contributed by atoms with van der Waals surface area (Å²) >= 11 is 2.84. The number of aromatic nitrogens is 1. The van der Waals surface area contributed by atoms with Crippen LogP contribution in [-0.4, -0.2) is 16.1 Å². The van der Waals surface area contributed by atoms with Gasteiger partial charge in [0.05, 0.1) is 10.7 Å². The lowest BCUT2D eigenvalue weighted by Crippen LogP contribution is -2.00. The van der Waals surface area contributed by atoms with Crippen LogP contribution in [0.2, 0.25) is 0 Å². The molecule has 0 bridgehead atoms. The smallest absolute Gasteiger partial charge is 0.354 e. The first kappa shape index (κ1) is 8.13. The van der Waals surface area contributed by atoms with Gasteiger partial charge in [0.25, 0.3) is 0 Å². The zero-order chi connectivity index (χ0) is 8.43. The number of hydrogen-bond acceptors (Lipinski definition) is 2. The van der Waals surface area contributed by atoms with Crippen molar-refractivity contribution in [3.63, 3.8) is 0 Å².